The van der Waals surface area contributed by atoms with Crippen LogP contribution in [0, 0.1) is 11.6 Å². The van der Waals surface area contributed by atoms with Crippen molar-refractivity contribution in [3.8, 4) is 5.75 Å². The second kappa shape index (κ2) is 7.84. The van der Waals surface area contributed by atoms with Gasteiger partial charge >= 0.3 is 0 Å². The lowest BCUT2D eigenvalue weighted by atomic mass is 9.86. The molecule has 0 saturated heterocycles. The third-order valence-corrected chi connectivity index (χ3v) is 5.22. The molecule has 0 amide bonds. The number of ether oxygens (including phenoxy) is 1. The maximum Gasteiger partial charge on any atom is 0.277 e. The van der Waals surface area contributed by atoms with Crippen molar-refractivity contribution in [3.05, 3.63) is 76.6 Å². The number of benzene rings is 2. The molecule has 11 heteroatoms. The van der Waals surface area contributed by atoms with Crippen LogP contribution in [0.3, 0.4) is 0 Å². The van der Waals surface area contributed by atoms with Gasteiger partial charge in [0, 0.05) is 17.7 Å². The first-order chi connectivity index (χ1) is 14.8. The molecule has 4 rings (SSSR count). The maximum atomic E-state index is 14.7. The predicted octanol–water partition coefficient (Wildman–Crippen LogP) is 1.82. The number of halogens is 2. The molecule has 160 valence electrons. The van der Waals surface area contributed by atoms with Crippen molar-refractivity contribution < 1.29 is 18.6 Å². The van der Waals surface area contributed by atoms with Crippen molar-refractivity contribution in [2.45, 2.75) is 25.1 Å². The fourth-order valence-electron chi connectivity index (χ4n) is 3.46. The Labute approximate surface area is 174 Å². The number of methoxy groups -OCH3 is 1. The van der Waals surface area contributed by atoms with Gasteiger partial charge in [0.15, 0.2) is 0 Å². The van der Waals surface area contributed by atoms with E-state index in [4.69, 9.17) is 4.74 Å². The summed E-state index contributed by atoms with van der Waals surface area (Å²) in [6.07, 6.45) is 2.59. The first-order valence-corrected chi connectivity index (χ1v) is 9.27. The van der Waals surface area contributed by atoms with Gasteiger partial charge in [-0.25, -0.2) is 23.1 Å². The van der Waals surface area contributed by atoms with Gasteiger partial charge in [-0.15, -0.1) is 5.10 Å². The predicted molar refractivity (Wildman–Crippen MR) is 105 cm³/mol. The van der Waals surface area contributed by atoms with E-state index < -0.39 is 28.8 Å². The van der Waals surface area contributed by atoms with E-state index in [1.54, 1.807) is 12.1 Å². The summed E-state index contributed by atoms with van der Waals surface area (Å²) >= 11 is 0. The highest BCUT2D eigenvalue weighted by Gasteiger charge is 2.41. The minimum Gasteiger partial charge on any atom is -0.497 e. The zero-order chi connectivity index (χ0) is 22.2. The van der Waals surface area contributed by atoms with E-state index in [2.05, 4.69) is 20.4 Å². The fraction of sp³-hybridized carbons (Fsp3) is 0.250. The third kappa shape index (κ3) is 3.63. The van der Waals surface area contributed by atoms with Crippen LogP contribution >= 0.6 is 0 Å². The second-order valence-electron chi connectivity index (χ2n) is 7.04. The highest BCUT2D eigenvalue weighted by atomic mass is 19.1. The van der Waals surface area contributed by atoms with E-state index in [9.17, 15) is 18.7 Å². The largest absolute Gasteiger partial charge is 0.497 e. The van der Waals surface area contributed by atoms with Gasteiger partial charge in [0.2, 0.25) is 0 Å². The third-order valence-electron chi connectivity index (χ3n) is 5.22. The van der Waals surface area contributed by atoms with Gasteiger partial charge in [0.05, 0.1) is 25.1 Å². The molecule has 2 heterocycles. The smallest absolute Gasteiger partial charge is 0.277 e. The Morgan fingerprint density at radius 1 is 1.23 bits per heavy atom. The van der Waals surface area contributed by atoms with E-state index in [-0.39, 0.29) is 17.5 Å². The number of nitrogens with zero attached hydrogens (tertiary/aromatic N) is 6. The Kier molecular flexibility index (Phi) is 5.19. The van der Waals surface area contributed by atoms with Crippen LogP contribution < -0.4 is 10.3 Å². The maximum absolute atomic E-state index is 14.7. The summed E-state index contributed by atoms with van der Waals surface area (Å²) in [5.74, 6) is -1.27. The molecule has 0 aliphatic carbocycles. The molecule has 0 fully saturated rings. The molecule has 0 spiro atoms. The summed E-state index contributed by atoms with van der Waals surface area (Å²) in [4.78, 5) is 16.9. The SMILES string of the molecule is COc1ccc2c(=O)n([C@H](C)[C@](O)(Cn3cncn3)c3ccc(F)cc3F)nnc2c1. The van der Waals surface area contributed by atoms with E-state index >= 15 is 0 Å². The minimum absolute atomic E-state index is 0.222. The van der Waals surface area contributed by atoms with Crippen molar-refractivity contribution in [1.29, 1.82) is 0 Å². The average molecular weight is 428 g/mol. The van der Waals surface area contributed by atoms with Gasteiger partial charge in [-0.05, 0) is 25.1 Å². The van der Waals surface area contributed by atoms with Crippen molar-refractivity contribution >= 4 is 10.9 Å². The van der Waals surface area contributed by atoms with Crippen LogP contribution in [-0.2, 0) is 12.1 Å². The van der Waals surface area contributed by atoms with E-state index in [0.717, 1.165) is 16.8 Å². The normalized spacial score (nSPS) is 14.4. The Morgan fingerprint density at radius 3 is 2.71 bits per heavy atom. The van der Waals surface area contributed by atoms with Crippen LogP contribution in [0.1, 0.15) is 18.5 Å². The van der Waals surface area contributed by atoms with Crippen LogP contribution in [0.15, 0.2) is 53.8 Å². The molecule has 0 bridgehead atoms. The zero-order valence-electron chi connectivity index (χ0n) is 16.6. The first-order valence-electron chi connectivity index (χ1n) is 9.27. The van der Waals surface area contributed by atoms with Gasteiger partial charge in [-0.3, -0.25) is 4.79 Å². The quantitative estimate of drug-likeness (QED) is 0.499. The van der Waals surface area contributed by atoms with Gasteiger partial charge < -0.3 is 9.84 Å². The van der Waals surface area contributed by atoms with E-state index in [1.807, 2.05) is 0 Å². The standard InChI is InChI=1S/C20H18F2N6O3/c1-12(28-19(29)15-5-4-14(31-2)8-18(15)25-26-28)20(30,9-27-11-23-10-24-27)16-6-3-13(21)7-17(16)22/h3-8,10-12,30H,9H2,1-2H3/t12-,20-/m1/s1. The number of fused-ring (bicyclic) bond motifs is 1. The topological polar surface area (TPSA) is 108 Å². The van der Waals surface area contributed by atoms with Crippen molar-refractivity contribution in [1.82, 2.24) is 29.8 Å². The number of rotatable bonds is 6. The van der Waals surface area contributed by atoms with Gasteiger partial charge in [-0.2, -0.15) is 5.10 Å². The molecule has 0 saturated carbocycles. The van der Waals surface area contributed by atoms with E-state index in [0.29, 0.717) is 17.3 Å². The zero-order valence-corrected chi connectivity index (χ0v) is 16.6. The molecule has 2 atom stereocenters. The lowest BCUT2D eigenvalue weighted by Gasteiger charge is -2.34. The first kappa shape index (κ1) is 20.5. The molecule has 0 radical (unpaired) electrons. The highest BCUT2D eigenvalue weighted by Crippen LogP contribution is 2.35. The lowest BCUT2D eigenvalue weighted by Crippen LogP contribution is -2.44. The monoisotopic (exact) mass is 428 g/mol. The second-order valence-corrected chi connectivity index (χ2v) is 7.04. The van der Waals surface area contributed by atoms with Crippen LogP contribution in [0.2, 0.25) is 0 Å². The molecule has 31 heavy (non-hydrogen) atoms. The number of hydrogen-bond donors (Lipinski definition) is 1. The summed E-state index contributed by atoms with van der Waals surface area (Å²) in [5.41, 5.74) is -2.50. The summed E-state index contributed by atoms with van der Waals surface area (Å²) < 4.78 is 35.6. The number of aromatic nitrogens is 6. The minimum atomic E-state index is -2.04. The van der Waals surface area contributed by atoms with Crippen LogP contribution in [0.25, 0.3) is 10.9 Å². The van der Waals surface area contributed by atoms with Gasteiger partial charge in [0.25, 0.3) is 5.56 Å². The molecular formula is C20H18F2N6O3. The molecule has 9 nitrogen and oxygen atoms in total. The van der Waals surface area contributed by atoms with Crippen LogP contribution in [0.4, 0.5) is 8.78 Å². The van der Waals surface area contributed by atoms with Gasteiger partial charge in [0.1, 0.15) is 41.2 Å². The van der Waals surface area contributed by atoms with Crippen LogP contribution in [-0.4, -0.2) is 42.0 Å². The molecular weight excluding hydrogens is 410 g/mol. The van der Waals surface area contributed by atoms with Crippen LogP contribution in [0.5, 0.6) is 5.75 Å². The fourth-order valence-corrected chi connectivity index (χ4v) is 3.46. The van der Waals surface area contributed by atoms with Crippen molar-refractivity contribution in [3.63, 3.8) is 0 Å². The average Bonchev–Trinajstić information content (AvgIpc) is 3.25. The number of aliphatic hydroxyl groups is 1. The Balaban J connectivity index is 1.87. The molecule has 0 aliphatic heterocycles. The summed E-state index contributed by atoms with van der Waals surface area (Å²) in [6, 6.07) is 6.39. The summed E-state index contributed by atoms with van der Waals surface area (Å²) in [6.45, 7) is 1.22. The Bertz CT molecular complexity index is 1290. The van der Waals surface area contributed by atoms with Gasteiger partial charge in [-0.1, -0.05) is 11.3 Å². The summed E-state index contributed by atoms with van der Waals surface area (Å²) in [5, 5.41) is 23.8. The highest BCUT2D eigenvalue weighted by molar-refractivity contribution is 5.78. The Hall–Kier alpha value is -3.73. The van der Waals surface area contributed by atoms with Crippen molar-refractivity contribution in [2.24, 2.45) is 0 Å². The molecule has 2 aromatic heterocycles. The molecule has 0 unspecified atom stereocenters. The molecule has 4 aromatic rings. The molecule has 2 aromatic carbocycles. The number of hydrogen-bond acceptors (Lipinski definition) is 7. The molecule has 1 N–H and O–H groups in total. The lowest BCUT2D eigenvalue weighted by molar-refractivity contribution is -0.0390. The summed E-state index contributed by atoms with van der Waals surface area (Å²) in [7, 11) is 1.49. The van der Waals surface area contributed by atoms with Crippen molar-refractivity contribution in [2.75, 3.05) is 7.11 Å². The Morgan fingerprint density at radius 2 is 2.03 bits per heavy atom. The van der Waals surface area contributed by atoms with E-state index in [1.165, 1.54) is 37.4 Å². The molecule has 0 aliphatic rings.